The van der Waals surface area contributed by atoms with E-state index in [2.05, 4.69) is 12.2 Å². The summed E-state index contributed by atoms with van der Waals surface area (Å²) in [6.07, 6.45) is 4.87. The minimum absolute atomic E-state index is 0.284. The summed E-state index contributed by atoms with van der Waals surface area (Å²) in [6, 6.07) is 5.00. The SMILES string of the molecule is CC1CCC(Nc2ccc(F)cc2Cl)CC1. The van der Waals surface area contributed by atoms with E-state index in [1.54, 1.807) is 6.07 Å². The molecule has 0 aromatic heterocycles. The maximum atomic E-state index is 12.9. The molecule has 1 aromatic carbocycles. The van der Waals surface area contributed by atoms with E-state index in [0.29, 0.717) is 11.1 Å². The summed E-state index contributed by atoms with van der Waals surface area (Å²) in [5, 5.41) is 3.87. The fourth-order valence-corrected chi connectivity index (χ4v) is 2.45. The molecule has 1 saturated carbocycles. The van der Waals surface area contributed by atoms with Crippen LogP contribution >= 0.6 is 11.6 Å². The molecule has 88 valence electrons. The summed E-state index contributed by atoms with van der Waals surface area (Å²) in [5.74, 6) is 0.551. The van der Waals surface area contributed by atoms with Gasteiger partial charge in [0.25, 0.3) is 0 Å². The Morgan fingerprint density at radius 2 is 1.94 bits per heavy atom. The van der Waals surface area contributed by atoms with Crippen molar-refractivity contribution in [2.45, 2.75) is 38.6 Å². The molecule has 1 nitrogen and oxygen atoms in total. The van der Waals surface area contributed by atoms with Gasteiger partial charge < -0.3 is 5.32 Å². The zero-order valence-corrected chi connectivity index (χ0v) is 10.2. The lowest BCUT2D eigenvalue weighted by Gasteiger charge is -2.28. The number of hydrogen-bond donors (Lipinski definition) is 1. The van der Waals surface area contributed by atoms with E-state index in [1.165, 1.54) is 37.8 Å². The van der Waals surface area contributed by atoms with Gasteiger partial charge in [-0.15, -0.1) is 0 Å². The van der Waals surface area contributed by atoms with Gasteiger partial charge in [-0.25, -0.2) is 4.39 Å². The topological polar surface area (TPSA) is 12.0 Å². The van der Waals surface area contributed by atoms with Crippen LogP contribution in [0.2, 0.25) is 5.02 Å². The molecule has 2 rings (SSSR count). The molecular formula is C13H17ClFN. The molecule has 0 atom stereocenters. The van der Waals surface area contributed by atoms with Crippen LogP contribution in [-0.2, 0) is 0 Å². The molecule has 0 heterocycles. The van der Waals surface area contributed by atoms with E-state index in [-0.39, 0.29) is 5.82 Å². The van der Waals surface area contributed by atoms with Gasteiger partial charge in [0.1, 0.15) is 5.82 Å². The Morgan fingerprint density at radius 1 is 1.25 bits per heavy atom. The van der Waals surface area contributed by atoms with Gasteiger partial charge in [0.2, 0.25) is 0 Å². The zero-order chi connectivity index (χ0) is 11.5. The van der Waals surface area contributed by atoms with Crippen LogP contribution in [0.5, 0.6) is 0 Å². The van der Waals surface area contributed by atoms with Crippen LogP contribution in [0, 0.1) is 11.7 Å². The highest BCUT2D eigenvalue weighted by molar-refractivity contribution is 6.33. The normalized spacial score (nSPS) is 25.4. The second kappa shape index (κ2) is 5.05. The Labute approximate surface area is 101 Å². The minimum atomic E-state index is -0.284. The monoisotopic (exact) mass is 241 g/mol. The predicted octanol–water partition coefficient (Wildman–Crippen LogP) is 4.47. The third-order valence-electron chi connectivity index (χ3n) is 3.31. The summed E-state index contributed by atoms with van der Waals surface area (Å²) in [4.78, 5) is 0. The molecule has 1 fully saturated rings. The third-order valence-corrected chi connectivity index (χ3v) is 3.62. The standard InChI is InChI=1S/C13H17ClFN/c1-9-2-5-11(6-3-9)16-13-7-4-10(15)8-12(13)14/h4,7-9,11,16H,2-3,5-6H2,1H3. The first-order valence-electron chi connectivity index (χ1n) is 5.87. The van der Waals surface area contributed by atoms with Gasteiger partial charge in [-0.3, -0.25) is 0 Å². The Morgan fingerprint density at radius 3 is 2.56 bits per heavy atom. The van der Waals surface area contributed by atoms with E-state index in [9.17, 15) is 4.39 Å². The fraction of sp³-hybridized carbons (Fsp3) is 0.538. The van der Waals surface area contributed by atoms with Crippen LogP contribution in [0.15, 0.2) is 18.2 Å². The summed E-state index contributed by atoms with van der Waals surface area (Å²) < 4.78 is 12.9. The molecule has 0 unspecified atom stereocenters. The summed E-state index contributed by atoms with van der Waals surface area (Å²) in [6.45, 7) is 2.29. The van der Waals surface area contributed by atoms with Crippen LogP contribution < -0.4 is 5.32 Å². The van der Waals surface area contributed by atoms with E-state index >= 15 is 0 Å². The second-order valence-corrected chi connectivity index (χ2v) is 5.13. The molecular weight excluding hydrogens is 225 g/mol. The number of nitrogens with one attached hydrogen (secondary N) is 1. The first-order chi connectivity index (χ1) is 7.65. The van der Waals surface area contributed by atoms with Crippen molar-refractivity contribution in [2.75, 3.05) is 5.32 Å². The number of halogens is 2. The smallest absolute Gasteiger partial charge is 0.124 e. The maximum absolute atomic E-state index is 12.9. The lowest BCUT2D eigenvalue weighted by Crippen LogP contribution is -2.25. The maximum Gasteiger partial charge on any atom is 0.124 e. The minimum Gasteiger partial charge on any atom is -0.381 e. The van der Waals surface area contributed by atoms with Crippen LogP contribution in [0.1, 0.15) is 32.6 Å². The van der Waals surface area contributed by atoms with Crippen molar-refractivity contribution >= 4 is 17.3 Å². The molecule has 1 N–H and O–H groups in total. The Hall–Kier alpha value is -0.760. The summed E-state index contributed by atoms with van der Waals surface area (Å²) >= 11 is 5.97. The van der Waals surface area contributed by atoms with Crippen molar-refractivity contribution in [1.82, 2.24) is 0 Å². The number of anilines is 1. The van der Waals surface area contributed by atoms with E-state index in [1.807, 2.05) is 0 Å². The first kappa shape index (κ1) is 11.7. The fourth-order valence-electron chi connectivity index (χ4n) is 2.23. The second-order valence-electron chi connectivity index (χ2n) is 4.73. The molecule has 16 heavy (non-hydrogen) atoms. The van der Waals surface area contributed by atoms with Gasteiger partial charge in [-0.2, -0.15) is 0 Å². The molecule has 0 aliphatic heterocycles. The van der Waals surface area contributed by atoms with Crippen LogP contribution in [0.4, 0.5) is 10.1 Å². The van der Waals surface area contributed by atoms with Gasteiger partial charge in [-0.1, -0.05) is 18.5 Å². The Bertz CT molecular complexity index is 359. The largest absolute Gasteiger partial charge is 0.381 e. The van der Waals surface area contributed by atoms with Crippen molar-refractivity contribution in [1.29, 1.82) is 0 Å². The van der Waals surface area contributed by atoms with Gasteiger partial charge >= 0.3 is 0 Å². The third kappa shape index (κ3) is 2.88. The lowest BCUT2D eigenvalue weighted by atomic mass is 9.87. The van der Waals surface area contributed by atoms with Gasteiger partial charge in [0, 0.05) is 6.04 Å². The quantitative estimate of drug-likeness (QED) is 0.806. The molecule has 0 amide bonds. The van der Waals surface area contributed by atoms with Crippen LogP contribution in [0.3, 0.4) is 0 Å². The van der Waals surface area contributed by atoms with E-state index in [4.69, 9.17) is 11.6 Å². The molecule has 0 radical (unpaired) electrons. The molecule has 0 bridgehead atoms. The van der Waals surface area contributed by atoms with Crippen molar-refractivity contribution in [3.63, 3.8) is 0 Å². The lowest BCUT2D eigenvalue weighted by molar-refractivity contribution is 0.361. The highest BCUT2D eigenvalue weighted by Crippen LogP contribution is 2.29. The average molecular weight is 242 g/mol. The van der Waals surface area contributed by atoms with Gasteiger partial charge in [0.05, 0.1) is 10.7 Å². The number of benzene rings is 1. The van der Waals surface area contributed by atoms with Gasteiger partial charge in [0.15, 0.2) is 0 Å². The molecule has 1 aromatic rings. The summed E-state index contributed by atoms with van der Waals surface area (Å²) in [7, 11) is 0. The number of rotatable bonds is 2. The molecule has 0 saturated heterocycles. The molecule has 3 heteroatoms. The van der Waals surface area contributed by atoms with E-state index < -0.39 is 0 Å². The molecule has 0 spiro atoms. The highest BCUT2D eigenvalue weighted by atomic mass is 35.5. The highest BCUT2D eigenvalue weighted by Gasteiger charge is 2.18. The Balaban J connectivity index is 1.98. The van der Waals surface area contributed by atoms with Crippen molar-refractivity contribution in [3.8, 4) is 0 Å². The predicted molar refractivity (Wildman–Crippen MR) is 66.5 cm³/mol. The zero-order valence-electron chi connectivity index (χ0n) is 9.47. The van der Waals surface area contributed by atoms with Crippen LogP contribution in [-0.4, -0.2) is 6.04 Å². The van der Waals surface area contributed by atoms with Crippen LogP contribution in [0.25, 0.3) is 0 Å². The van der Waals surface area contributed by atoms with Crippen molar-refractivity contribution in [3.05, 3.63) is 29.0 Å². The van der Waals surface area contributed by atoms with Gasteiger partial charge in [-0.05, 0) is 49.8 Å². The van der Waals surface area contributed by atoms with Crippen molar-refractivity contribution in [2.24, 2.45) is 5.92 Å². The molecule has 1 aliphatic rings. The summed E-state index contributed by atoms with van der Waals surface area (Å²) in [5.41, 5.74) is 0.850. The Kier molecular flexibility index (Phi) is 3.70. The average Bonchev–Trinajstić information content (AvgIpc) is 2.25. The van der Waals surface area contributed by atoms with E-state index in [0.717, 1.165) is 11.6 Å². The first-order valence-corrected chi connectivity index (χ1v) is 6.24. The molecule has 1 aliphatic carbocycles. The van der Waals surface area contributed by atoms with Crippen molar-refractivity contribution < 1.29 is 4.39 Å². The number of hydrogen-bond acceptors (Lipinski definition) is 1.